The van der Waals surface area contributed by atoms with Crippen molar-refractivity contribution in [2.45, 2.75) is 63.6 Å². The molecule has 3 atom stereocenters. The van der Waals surface area contributed by atoms with E-state index in [1.165, 1.54) is 38.5 Å². The summed E-state index contributed by atoms with van der Waals surface area (Å²) in [4.78, 5) is 4.17. The number of aromatic nitrogens is 2. The molecule has 0 aromatic carbocycles. The second kappa shape index (κ2) is 4.81. The minimum Gasteiger partial charge on any atom is -0.333 e. The highest BCUT2D eigenvalue weighted by Gasteiger charge is 2.31. The van der Waals surface area contributed by atoms with Gasteiger partial charge in [0.05, 0.1) is 6.33 Å². The van der Waals surface area contributed by atoms with Crippen molar-refractivity contribution in [2.24, 2.45) is 5.92 Å². The van der Waals surface area contributed by atoms with E-state index in [-0.39, 0.29) is 0 Å². The van der Waals surface area contributed by atoms with Gasteiger partial charge in [0.1, 0.15) is 0 Å². The molecule has 17 heavy (non-hydrogen) atoms. The lowest BCUT2D eigenvalue weighted by Crippen LogP contribution is -2.39. The van der Waals surface area contributed by atoms with Crippen LogP contribution in [0.1, 0.15) is 51.5 Å². The summed E-state index contributed by atoms with van der Waals surface area (Å²) in [5.74, 6) is 1.02. The predicted molar refractivity (Wildman–Crippen MR) is 68.8 cm³/mol. The Hall–Kier alpha value is -0.830. The highest BCUT2D eigenvalue weighted by Crippen LogP contribution is 2.35. The molecule has 1 heterocycles. The minimum atomic E-state index is 0.624. The molecule has 3 rings (SSSR count). The van der Waals surface area contributed by atoms with Crippen LogP contribution in [0.5, 0.6) is 0 Å². The molecule has 0 amide bonds. The van der Waals surface area contributed by atoms with E-state index in [0.717, 1.165) is 5.92 Å². The zero-order valence-electron chi connectivity index (χ0n) is 10.7. The number of nitrogens with zero attached hydrogens (tertiary/aromatic N) is 2. The van der Waals surface area contributed by atoms with Gasteiger partial charge in [0.25, 0.3) is 0 Å². The smallest absolute Gasteiger partial charge is 0.0949 e. The van der Waals surface area contributed by atoms with E-state index in [1.807, 2.05) is 12.5 Å². The minimum absolute atomic E-state index is 0.624. The molecule has 0 saturated heterocycles. The van der Waals surface area contributed by atoms with Crippen LogP contribution < -0.4 is 5.32 Å². The number of nitrogens with one attached hydrogen (secondary N) is 1. The zero-order chi connectivity index (χ0) is 11.7. The Morgan fingerprint density at radius 1 is 1.35 bits per heavy atom. The van der Waals surface area contributed by atoms with Crippen molar-refractivity contribution in [3.05, 3.63) is 18.7 Å². The standard InChI is InChI=1S/C14H23N3/c1-11(9-12-5-6-12)16-13-3-2-4-14(13)17-8-7-15-10-17/h7-8,10-14,16H,2-6,9H2,1H3. The molecule has 2 saturated carbocycles. The SMILES string of the molecule is CC(CC1CC1)NC1CCCC1n1ccnc1. The van der Waals surface area contributed by atoms with Crippen LogP contribution in [0.2, 0.25) is 0 Å². The Morgan fingerprint density at radius 2 is 2.24 bits per heavy atom. The van der Waals surface area contributed by atoms with E-state index >= 15 is 0 Å². The maximum absolute atomic E-state index is 4.17. The lowest BCUT2D eigenvalue weighted by Gasteiger charge is -2.26. The fourth-order valence-electron chi connectivity index (χ4n) is 3.24. The molecule has 0 spiro atoms. The van der Waals surface area contributed by atoms with Crippen molar-refractivity contribution in [3.63, 3.8) is 0 Å². The Bertz CT molecular complexity index is 342. The first kappa shape index (κ1) is 11.3. The molecule has 2 fully saturated rings. The Labute approximate surface area is 104 Å². The van der Waals surface area contributed by atoms with Crippen molar-refractivity contribution < 1.29 is 0 Å². The first-order valence-electron chi connectivity index (χ1n) is 7.06. The number of hydrogen-bond acceptors (Lipinski definition) is 2. The molecular weight excluding hydrogens is 210 g/mol. The summed E-state index contributed by atoms with van der Waals surface area (Å²) in [6.07, 6.45) is 14.2. The summed E-state index contributed by atoms with van der Waals surface area (Å²) < 4.78 is 2.29. The molecular formula is C14H23N3. The van der Waals surface area contributed by atoms with Crippen LogP contribution in [-0.2, 0) is 0 Å². The zero-order valence-corrected chi connectivity index (χ0v) is 10.7. The van der Waals surface area contributed by atoms with Gasteiger partial charge in [-0.2, -0.15) is 0 Å². The summed E-state index contributed by atoms with van der Waals surface area (Å²) in [5.41, 5.74) is 0. The normalized spacial score (nSPS) is 30.6. The quantitative estimate of drug-likeness (QED) is 0.847. The van der Waals surface area contributed by atoms with Gasteiger partial charge in [-0.05, 0) is 38.5 Å². The van der Waals surface area contributed by atoms with E-state index in [2.05, 4.69) is 28.0 Å². The average molecular weight is 233 g/mol. The summed E-state index contributed by atoms with van der Waals surface area (Å²) in [5, 5.41) is 3.84. The highest BCUT2D eigenvalue weighted by atomic mass is 15.1. The third-order valence-electron chi connectivity index (χ3n) is 4.27. The lowest BCUT2D eigenvalue weighted by molar-refractivity contribution is 0.344. The average Bonchev–Trinajstić information content (AvgIpc) is 2.83. The summed E-state index contributed by atoms with van der Waals surface area (Å²) >= 11 is 0. The predicted octanol–water partition coefficient (Wildman–Crippen LogP) is 2.75. The fraction of sp³-hybridized carbons (Fsp3) is 0.786. The van der Waals surface area contributed by atoms with Gasteiger partial charge >= 0.3 is 0 Å². The Balaban J connectivity index is 1.57. The Kier molecular flexibility index (Phi) is 3.19. The first-order valence-corrected chi connectivity index (χ1v) is 7.06. The molecule has 2 aliphatic rings. The number of rotatable bonds is 5. The van der Waals surface area contributed by atoms with Gasteiger partial charge in [-0.1, -0.05) is 12.8 Å². The monoisotopic (exact) mass is 233 g/mol. The number of imidazole rings is 1. The number of hydrogen-bond donors (Lipinski definition) is 1. The van der Waals surface area contributed by atoms with E-state index in [1.54, 1.807) is 0 Å². The van der Waals surface area contributed by atoms with Gasteiger partial charge < -0.3 is 9.88 Å². The van der Waals surface area contributed by atoms with Crippen molar-refractivity contribution >= 4 is 0 Å². The topological polar surface area (TPSA) is 29.9 Å². The molecule has 0 radical (unpaired) electrons. The van der Waals surface area contributed by atoms with E-state index in [9.17, 15) is 0 Å². The van der Waals surface area contributed by atoms with Crippen LogP contribution in [0, 0.1) is 5.92 Å². The van der Waals surface area contributed by atoms with Crippen molar-refractivity contribution in [2.75, 3.05) is 0 Å². The van der Waals surface area contributed by atoms with Gasteiger partial charge in [-0.15, -0.1) is 0 Å². The molecule has 3 unspecified atom stereocenters. The molecule has 0 bridgehead atoms. The summed E-state index contributed by atoms with van der Waals surface area (Å²) in [6, 6.07) is 1.95. The van der Waals surface area contributed by atoms with Gasteiger partial charge in [0.15, 0.2) is 0 Å². The second-order valence-electron chi connectivity index (χ2n) is 5.86. The molecule has 1 aromatic rings. The van der Waals surface area contributed by atoms with E-state index < -0.39 is 0 Å². The maximum Gasteiger partial charge on any atom is 0.0949 e. The van der Waals surface area contributed by atoms with Crippen LogP contribution in [-0.4, -0.2) is 21.6 Å². The van der Waals surface area contributed by atoms with Crippen molar-refractivity contribution in [1.82, 2.24) is 14.9 Å². The van der Waals surface area contributed by atoms with E-state index in [4.69, 9.17) is 0 Å². The Morgan fingerprint density at radius 3 is 2.94 bits per heavy atom. The third-order valence-corrected chi connectivity index (χ3v) is 4.27. The third kappa shape index (κ3) is 2.71. The summed E-state index contributed by atoms with van der Waals surface area (Å²) in [7, 11) is 0. The van der Waals surface area contributed by atoms with Crippen LogP contribution in [0.25, 0.3) is 0 Å². The van der Waals surface area contributed by atoms with Crippen LogP contribution in [0.15, 0.2) is 18.7 Å². The summed E-state index contributed by atoms with van der Waals surface area (Å²) in [6.45, 7) is 2.35. The van der Waals surface area contributed by atoms with Crippen LogP contribution in [0.3, 0.4) is 0 Å². The van der Waals surface area contributed by atoms with Gasteiger partial charge in [0.2, 0.25) is 0 Å². The van der Waals surface area contributed by atoms with Gasteiger partial charge in [0, 0.05) is 30.5 Å². The van der Waals surface area contributed by atoms with Gasteiger partial charge in [-0.3, -0.25) is 0 Å². The molecule has 1 N–H and O–H groups in total. The largest absolute Gasteiger partial charge is 0.333 e. The molecule has 2 aliphatic carbocycles. The van der Waals surface area contributed by atoms with E-state index in [0.29, 0.717) is 18.1 Å². The highest BCUT2D eigenvalue weighted by molar-refractivity contribution is 4.93. The molecule has 1 aromatic heterocycles. The fourth-order valence-corrected chi connectivity index (χ4v) is 3.24. The lowest BCUT2D eigenvalue weighted by atomic mass is 10.1. The molecule has 0 aliphatic heterocycles. The van der Waals surface area contributed by atoms with Crippen molar-refractivity contribution in [3.8, 4) is 0 Å². The molecule has 94 valence electrons. The maximum atomic E-state index is 4.17. The molecule has 3 heteroatoms. The second-order valence-corrected chi connectivity index (χ2v) is 5.86. The van der Waals surface area contributed by atoms with Gasteiger partial charge in [-0.25, -0.2) is 4.98 Å². The molecule has 3 nitrogen and oxygen atoms in total. The first-order chi connectivity index (χ1) is 8.33. The van der Waals surface area contributed by atoms with Crippen LogP contribution in [0.4, 0.5) is 0 Å². The van der Waals surface area contributed by atoms with Crippen LogP contribution >= 0.6 is 0 Å². The van der Waals surface area contributed by atoms with Crippen molar-refractivity contribution in [1.29, 1.82) is 0 Å².